The van der Waals surface area contributed by atoms with Crippen molar-refractivity contribution < 1.29 is 5.11 Å². The van der Waals surface area contributed by atoms with Crippen LogP contribution in [0.2, 0.25) is 0 Å². The van der Waals surface area contributed by atoms with Crippen LogP contribution in [0.25, 0.3) is 0 Å². The highest BCUT2D eigenvalue weighted by molar-refractivity contribution is 5.22. The van der Waals surface area contributed by atoms with Crippen molar-refractivity contribution in [1.29, 1.82) is 0 Å². The van der Waals surface area contributed by atoms with Crippen LogP contribution in [0, 0.1) is 6.42 Å². The molecule has 0 bridgehead atoms. The van der Waals surface area contributed by atoms with Crippen molar-refractivity contribution in [3.8, 4) is 0 Å². The maximum Gasteiger partial charge on any atom is 0.0920 e. The fraction of sp³-hybridized carbons (Fsp3) is 0.500. The zero-order valence-electron chi connectivity index (χ0n) is 9.89. The summed E-state index contributed by atoms with van der Waals surface area (Å²) in [6.07, 6.45) is 3.85. The van der Waals surface area contributed by atoms with E-state index in [1.54, 1.807) is 0 Å². The van der Waals surface area contributed by atoms with Gasteiger partial charge in [-0.25, -0.2) is 0 Å². The molecule has 2 nitrogen and oxygen atoms in total. The molecular weight excluding hydrogens is 198 g/mol. The van der Waals surface area contributed by atoms with Crippen LogP contribution in [-0.2, 0) is 5.60 Å². The third-order valence-corrected chi connectivity index (χ3v) is 3.44. The van der Waals surface area contributed by atoms with Gasteiger partial charge in [-0.15, -0.1) is 0 Å². The quantitative estimate of drug-likeness (QED) is 0.840. The molecule has 0 spiro atoms. The lowest BCUT2D eigenvalue weighted by Gasteiger charge is -2.38. The highest BCUT2D eigenvalue weighted by atomic mass is 16.3. The van der Waals surface area contributed by atoms with Crippen LogP contribution < -0.4 is 0 Å². The molecule has 1 aliphatic heterocycles. The number of hydrogen-bond donors (Lipinski definition) is 1. The fourth-order valence-corrected chi connectivity index (χ4v) is 2.40. The van der Waals surface area contributed by atoms with Crippen molar-refractivity contribution in [2.75, 3.05) is 19.6 Å². The second kappa shape index (κ2) is 4.98. The van der Waals surface area contributed by atoms with Gasteiger partial charge in [-0.3, -0.25) is 0 Å². The molecule has 1 fully saturated rings. The minimum Gasteiger partial charge on any atom is -0.385 e. The van der Waals surface area contributed by atoms with Gasteiger partial charge in [0.05, 0.1) is 5.60 Å². The maximum atomic E-state index is 10.6. The van der Waals surface area contributed by atoms with E-state index in [0.29, 0.717) is 0 Å². The van der Waals surface area contributed by atoms with Gasteiger partial charge in [0.25, 0.3) is 0 Å². The summed E-state index contributed by atoms with van der Waals surface area (Å²) in [6.45, 7) is 5.08. The number of nitrogens with zero attached hydrogens (tertiary/aromatic N) is 1. The summed E-state index contributed by atoms with van der Waals surface area (Å²) in [7, 11) is 0. The Labute approximate surface area is 97.9 Å². The van der Waals surface area contributed by atoms with Gasteiger partial charge in [-0.1, -0.05) is 37.3 Å². The molecule has 16 heavy (non-hydrogen) atoms. The predicted octanol–water partition coefficient (Wildman–Crippen LogP) is 2.19. The minimum atomic E-state index is -0.606. The first-order chi connectivity index (χ1) is 7.74. The largest absolute Gasteiger partial charge is 0.385 e. The standard InChI is InChI=1S/C14H20NO/c1-2-10-15-11-8-14(16,9-12-15)13-6-4-3-5-7-13/h2-7,16H,8-12H2,1H3. The van der Waals surface area contributed by atoms with E-state index in [4.69, 9.17) is 0 Å². The van der Waals surface area contributed by atoms with Crippen molar-refractivity contribution in [2.24, 2.45) is 0 Å². The third kappa shape index (κ3) is 2.45. The number of benzene rings is 1. The first-order valence-electron chi connectivity index (χ1n) is 6.03. The molecule has 1 radical (unpaired) electrons. The molecule has 0 atom stereocenters. The maximum absolute atomic E-state index is 10.6. The lowest BCUT2D eigenvalue weighted by molar-refractivity contribution is -0.0240. The van der Waals surface area contributed by atoms with E-state index < -0.39 is 5.60 Å². The Bertz CT molecular complexity index is 315. The summed E-state index contributed by atoms with van der Waals surface area (Å²) in [5.41, 5.74) is 0.459. The van der Waals surface area contributed by atoms with Crippen molar-refractivity contribution in [2.45, 2.75) is 25.4 Å². The Morgan fingerprint density at radius 3 is 2.44 bits per heavy atom. The van der Waals surface area contributed by atoms with Crippen LogP contribution >= 0.6 is 0 Å². The summed E-state index contributed by atoms with van der Waals surface area (Å²) in [6, 6.07) is 10.1. The van der Waals surface area contributed by atoms with Crippen LogP contribution in [0.15, 0.2) is 30.3 Å². The molecule has 87 valence electrons. The molecule has 1 aliphatic rings. The van der Waals surface area contributed by atoms with Gasteiger partial charge >= 0.3 is 0 Å². The zero-order chi connectivity index (χ0) is 11.4. The van der Waals surface area contributed by atoms with Crippen molar-refractivity contribution in [1.82, 2.24) is 4.90 Å². The first kappa shape index (κ1) is 11.6. The van der Waals surface area contributed by atoms with Gasteiger partial charge in [0.1, 0.15) is 0 Å². The second-order valence-electron chi connectivity index (χ2n) is 4.61. The number of hydrogen-bond acceptors (Lipinski definition) is 2. The van der Waals surface area contributed by atoms with E-state index in [2.05, 4.69) is 18.2 Å². The molecule has 0 amide bonds. The monoisotopic (exact) mass is 218 g/mol. The summed E-state index contributed by atoms with van der Waals surface area (Å²) < 4.78 is 0. The minimum absolute atomic E-state index is 0.606. The van der Waals surface area contributed by atoms with Gasteiger partial charge in [-0.05, 0) is 24.8 Å². The molecule has 0 unspecified atom stereocenters. The van der Waals surface area contributed by atoms with Gasteiger partial charge < -0.3 is 10.0 Å². The fourth-order valence-electron chi connectivity index (χ4n) is 2.40. The highest BCUT2D eigenvalue weighted by Gasteiger charge is 2.33. The van der Waals surface area contributed by atoms with E-state index in [0.717, 1.165) is 38.0 Å². The predicted molar refractivity (Wildman–Crippen MR) is 66.0 cm³/mol. The van der Waals surface area contributed by atoms with E-state index in [1.807, 2.05) is 30.3 Å². The van der Waals surface area contributed by atoms with Crippen LogP contribution in [-0.4, -0.2) is 29.6 Å². The molecule has 1 aromatic rings. The average molecular weight is 218 g/mol. The van der Waals surface area contributed by atoms with Crippen molar-refractivity contribution >= 4 is 0 Å². The Morgan fingerprint density at radius 2 is 1.88 bits per heavy atom. The summed E-state index contributed by atoms with van der Waals surface area (Å²) >= 11 is 0. The van der Waals surface area contributed by atoms with Crippen molar-refractivity contribution in [3.05, 3.63) is 42.3 Å². The molecule has 2 heteroatoms. The average Bonchev–Trinajstić information content (AvgIpc) is 2.34. The smallest absolute Gasteiger partial charge is 0.0920 e. The summed E-state index contributed by atoms with van der Waals surface area (Å²) in [5.74, 6) is 0. The molecule has 0 aromatic heterocycles. The van der Waals surface area contributed by atoms with Crippen LogP contribution in [0.3, 0.4) is 0 Å². The molecule has 0 aliphatic carbocycles. The zero-order valence-corrected chi connectivity index (χ0v) is 9.89. The van der Waals surface area contributed by atoms with E-state index in [-0.39, 0.29) is 0 Å². The molecule has 2 rings (SSSR count). The lowest BCUT2D eigenvalue weighted by Crippen LogP contribution is -2.42. The topological polar surface area (TPSA) is 23.5 Å². The SMILES string of the molecule is C[CH]CN1CCC(O)(c2ccccc2)CC1. The van der Waals surface area contributed by atoms with Crippen LogP contribution in [0.1, 0.15) is 25.3 Å². The van der Waals surface area contributed by atoms with Gasteiger partial charge in [0, 0.05) is 19.6 Å². The summed E-state index contributed by atoms with van der Waals surface area (Å²) in [4.78, 5) is 2.39. The normalized spacial score (nSPS) is 20.9. The van der Waals surface area contributed by atoms with Gasteiger partial charge in [0.2, 0.25) is 0 Å². The molecule has 1 aromatic carbocycles. The number of aliphatic hydroxyl groups is 1. The Morgan fingerprint density at radius 1 is 1.25 bits per heavy atom. The van der Waals surface area contributed by atoms with Crippen LogP contribution in [0.4, 0.5) is 0 Å². The van der Waals surface area contributed by atoms with Gasteiger partial charge in [0.15, 0.2) is 0 Å². The first-order valence-corrected chi connectivity index (χ1v) is 6.03. The van der Waals surface area contributed by atoms with E-state index in [9.17, 15) is 5.11 Å². The second-order valence-corrected chi connectivity index (χ2v) is 4.61. The number of rotatable bonds is 3. The van der Waals surface area contributed by atoms with Crippen LogP contribution in [0.5, 0.6) is 0 Å². The molecule has 1 heterocycles. The highest BCUT2D eigenvalue weighted by Crippen LogP contribution is 2.32. The van der Waals surface area contributed by atoms with E-state index >= 15 is 0 Å². The Hall–Kier alpha value is -0.860. The number of piperidine rings is 1. The molecule has 0 saturated carbocycles. The summed E-state index contributed by atoms with van der Waals surface area (Å²) in [5, 5.41) is 10.6. The molecule has 1 saturated heterocycles. The van der Waals surface area contributed by atoms with E-state index in [1.165, 1.54) is 0 Å². The third-order valence-electron chi connectivity index (χ3n) is 3.44. The Balaban J connectivity index is 2.01. The molecular formula is C14H20NO. The van der Waals surface area contributed by atoms with Crippen molar-refractivity contribution in [3.63, 3.8) is 0 Å². The van der Waals surface area contributed by atoms with Gasteiger partial charge in [-0.2, -0.15) is 0 Å². The lowest BCUT2D eigenvalue weighted by atomic mass is 9.84. The molecule has 1 N–H and O–H groups in total. The Kier molecular flexibility index (Phi) is 3.62. The number of likely N-dealkylation sites (tertiary alicyclic amines) is 1.